The minimum atomic E-state index is 0.116. The van der Waals surface area contributed by atoms with E-state index in [1.54, 1.807) is 12.3 Å². The van der Waals surface area contributed by atoms with E-state index in [0.717, 1.165) is 30.9 Å². The van der Waals surface area contributed by atoms with E-state index < -0.39 is 0 Å². The van der Waals surface area contributed by atoms with Crippen LogP contribution in [0.15, 0.2) is 36.5 Å². The van der Waals surface area contributed by atoms with Crippen LogP contribution in [-0.2, 0) is 4.74 Å². The van der Waals surface area contributed by atoms with Crippen molar-refractivity contribution in [1.82, 2.24) is 10.3 Å². The van der Waals surface area contributed by atoms with Crippen LogP contribution in [-0.4, -0.2) is 24.7 Å². The Labute approximate surface area is 133 Å². The summed E-state index contributed by atoms with van der Waals surface area (Å²) in [5, 5.41) is 7.50. The molecule has 1 aliphatic rings. The van der Waals surface area contributed by atoms with Crippen molar-refractivity contribution in [2.75, 3.05) is 25.0 Å². The first-order valence-electron chi connectivity index (χ1n) is 6.73. The van der Waals surface area contributed by atoms with Crippen LogP contribution >= 0.6 is 23.2 Å². The normalized spacial score (nSPS) is 18.5. The number of nitrogens with one attached hydrogen (secondary N) is 2. The molecule has 1 aromatic carbocycles. The summed E-state index contributed by atoms with van der Waals surface area (Å²) >= 11 is 11.9. The topological polar surface area (TPSA) is 46.2 Å². The molecule has 1 atom stereocenters. The number of nitrogens with zero attached hydrogens (tertiary/aromatic N) is 1. The Morgan fingerprint density at radius 1 is 1.24 bits per heavy atom. The molecule has 1 unspecified atom stereocenters. The Bertz CT molecular complexity index is 613. The van der Waals surface area contributed by atoms with E-state index in [1.807, 2.05) is 24.3 Å². The molecule has 3 rings (SSSR count). The third kappa shape index (κ3) is 3.66. The molecule has 0 radical (unpaired) electrons. The standard InChI is InChI=1S/C15H15Cl2N3O/c16-11-7-13(17)15(19-8-11)20-12-3-1-10(2-4-12)14-9-18-5-6-21-14/h1-4,7-8,14,18H,5-6,9H2,(H,19,20). The second kappa shape index (κ2) is 6.62. The Morgan fingerprint density at radius 3 is 2.71 bits per heavy atom. The van der Waals surface area contributed by atoms with Crippen LogP contribution in [0.2, 0.25) is 10.0 Å². The second-order valence-electron chi connectivity index (χ2n) is 4.79. The zero-order valence-corrected chi connectivity index (χ0v) is 12.8. The molecule has 2 N–H and O–H groups in total. The van der Waals surface area contributed by atoms with E-state index in [9.17, 15) is 0 Å². The lowest BCUT2D eigenvalue weighted by atomic mass is 10.1. The van der Waals surface area contributed by atoms with E-state index in [-0.39, 0.29) is 6.10 Å². The highest BCUT2D eigenvalue weighted by Gasteiger charge is 2.15. The van der Waals surface area contributed by atoms with Crippen LogP contribution in [0.4, 0.5) is 11.5 Å². The summed E-state index contributed by atoms with van der Waals surface area (Å²) in [7, 11) is 0. The second-order valence-corrected chi connectivity index (χ2v) is 5.64. The fourth-order valence-corrected chi connectivity index (χ4v) is 2.63. The molecule has 0 aliphatic carbocycles. The Hall–Kier alpha value is -1.33. The molecule has 0 amide bonds. The molecule has 1 aliphatic heterocycles. The van der Waals surface area contributed by atoms with E-state index >= 15 is 0 Å². The smallest absolute Gasteiger partial charge is 0.149 e. The SMILES string of the molecule is Clc1cnc(Nc2ccc(C3CNCCO3)cc2)c(Cl)c1. The minimum absolute atomic E-state index is 0.116. The predicted octanol–water partition coefficient (Wildman–Crippen LogP) is 3.79. The van der Waals surface area contributed by atoms with E-state index in [2.05, 4.69) is 15.6 Å². The average Bonchev–Trinajstić information content (AvgIpc) is 2.52. The summed E-state index contributed by atoms with van der Waals surface area (Å²) in [6.45, 7) is 2.50. The number of halogens is 2. The van der Waals surface area contributed by atoms with Gasteiger partial charge in [-0.05, 0) is 23.8 Å². The molecule has 1 fully saturated rings. The number of ether oxygens (including phenoxy) is 1. The summed E-state index contributed by atoms with van der Waals surface area (Å²) in [4.78, 5) is 4.18. The third-order valence-corrected chi connectivity index (χ3v) is 3.78. The van der Waals surface area contributed by atoms with Crippen molar-refractivity contribution >= 4 is 34.7 Å². The van der Waals surface area contributed by atoms with Gasteiger partial charge in [-0.25, -0.2) is 4.98 Å². The Morgan fingerprint density at radius 2 is 2.05 bits per heavy atom. The molecule has 4 nitrogen and oxygen atoms in total. The molecular weight excluding hydrogens is 309 g/mol. The lowest BCUT2D eigenvalue weighted by Crippen LogP contribution is -2.33. The maximum atomic E-state index is 6.09. The first-order valence-corrected chi connectivity index (χ1v) is 7.48. The highest BCUT2D eigenvalue weighted by molar-refractivity contribution is 6.36. The van der Waals surface area contributed by atoms with Gasteiger partial charge in [-0.15, -0.1) is 0 Å². The lowest BCUT2D eigenvalue weighted by molar-refractivity contribution is 0.0277. The lowest BCUT2D eigenvalue weighted by Gasteiger charge is -2.24. The predicted molar refractivity (Wildman–Crippen MR) is 85.5 cm³/mol. The van der Waals surface area contributed by atoms with Gasteiger partial charge in [0.15, 0.2) is 0 Å². The molecule has 0 bridgehead atoms. The molecule has 1 aromatic heterocycles. The fraction of sp³-hybridized carbons (Fsp3) is 0.267. The van der Waals surface area contributed by atoms with Crippen LogP contribution in [0.5, 0.6) is 0 Å². The van der Waals surface area contributed by atoms with E-state index in [4.69, 9.17) is 27.9 Å². The quantitative estimate of drug-likeness (QED) is 0.902. The molecule has 6 heteroatoms. The van der Waals surface area contributed by atoms with Crippen LogP contribution in [0.3, 0.4) is 0 Å². The minimum Gasteiger partial charge on any atom is -0.371 e. The maximum absolute atomic E-state index is 6.09. The Balaban J connectivity index is 1.71. The zero-order valence-electron chi connectivity index (χ0n) is 11.3. The summed E-state index contributed by atoms with van der Waals surface area (Å²) in [5.74, 6) is 0.587. The number of anilines is 2. The van der Waals surface area contributed by atoms with Gasteiger partial charge in [0, 0.05) is 25.0 Å². The van der Waals surface area contributed by atoms with Crippen LogP contribution < -0.4 is 10.6 Å². The number of hydrogen-bond acceptors (Lipinski definition) is 4. The van der Waals surface area contributed by atoms with Gasteiger partial charge < -0.3 is 15.4 Å². The number of aromatic nitrogens is 1. The fourth-order valence-electron chi connectivity index (χ4n) is 2.20. The first kappa shape index (κ1) is 14.6. The van der Waals surface area contributed by atoms with Gasteiger partial charge in [0.1, 0.15) is 5.82 Å². The van der Waals surface area contributed by atoms with Crippen molar-refractivity contribution in [3.63, 3.8) is 0 Å². The molecule has 0 spiro atoms. The molecule has 1 saturated heterocycles. The Kier molecular flexibility index (Phi) is 4.60. The van der Waals surface area contributed by atoms with Crippen molar-refractivity contribution in [3.05, 3.63) is 52.1 Å². The molecule has 2 aromatic rings. The van der Waals surface area contributed by atoms with Crippen molar-refractivity contribution in [1.29, 1.82) is 0 Å². The highest BCUT2D eigenvalue weighted by atomic mass is 35.5. The van der Waals surface area contributed by atoms with Crippen molar-refractivity contribution < 1.29 is 4.74 Å². The summed E-state index contributed by atoms with van der Waals surface area (Å²) in [5.41, 5.74) is 2.07. The van der Waals surface area contributed by atoms with Gasteiger partial charge in [0.2, 0.25) is 0 Å². The van der Waals surface area contributed by atoms with Gasteiger partial charge in [-0.2, -0.15) is 0 Å². The van der Waals surface area contributed by atoms with Crippen molar-refractivity contribution in [3.8, 4) is 0 Å². The maximum Gasteiger partial charge on any atom is 0.149 e. The third-order valence-electron chi connectivity index (χ3n) is 3.28. The monoisotopic (exact) mass is 323 g/mol. The van der Waals surface area contributed by atoms with Gasteiger partial charge in [-0.1, -0.05) is 35.3 Å². The van der Waals surface area contributed by atoms with E-state index in [0.29, 0.717) is 15.9 Å². The van der Waals surface area contributed by atoms with Crippen LogP contribution in [0.1, 0.15) is 11.7 Å². The summed E-state index contributed by atoms with van der Waals surface area (Å²) < 4.78 is 5.72. The van der Waals surface area contributed by atoms with Gasteiger partial charge in [0.05, 0.1) is 22.8 Å². The molecule has 0 saturated carbocycles. The molecule has 110 valence electrons. The zero-order chi connectivity index (χ0) is 14.7. The van der Waals surface area contributed by atoms with E-state index in [1.165, 1.54) is 0 Å². The van der Waals surface area contributed by atoms with Crippen LogP contribution in [0, 0.1) is 0 Å². The summed E-state index contributed by atoms with van der Waals surface area (Å²) in [6.07, 6.45) is 1.68. The number of benzene rings is 1. The van der Waals surface area contributed by atoms with Crippen LogP contribution in [0.25, 0.3) is 0 Å². The van der Waals surface area contributed by atoms with Crippen molar-refractivity contribution in [2.45, 2.75) is 6.10 Å². The largest absolute Gasteiger partial charge is 0.371 e. The number of hydrogen-bond donors (Lipinski definition) is 2. The molecular formula is C15H15Cl2N3O. The number of pyridine rings is 1. The van der Waals surface area contributed by atoms with Gasteiger partial charge in [-0.3, -0.25) is 0 Å². The highest BCUT2D eigenvalue weighted by Crippen LogP contribution is 2.27. The van der Waals surface area contributed by atoms with Gasteiger partial charge in [0.25, 0.3) is 0 Å². The average molecular weight is 324 g/mol. The molecule has 21 heavy (non-hydrogen) atoms. The number of morpholine rings is 1. The molecule has 2 heterocycles. The first-order chi connectivity index (χ1) is 10.2. The summed E-state index contributed by atoms with van der Waals surface area (Å²) in [6, 6.07) is 9.72. The number of rotatable bonds is 3. The van der Waals surface area contributed by atoms with Gasteiger partial charge >= 0.3 is 0 Å². The van der Waals surface area contributed by atoms with Crippen molar-refractivity contribution in [2.24, 2.45) is 0 Å².